The van der Waals surface area contributed by atoms with Crippen molar-refractivity contribution >= 4 is 0 Å². The summed E-state index contributed by atoms with van der Waals surface area (Å²) in [6, 6.07) is 0.635. The van der Waals surface area contributed by atoms with Crippen LogP contribution >= 0.6 is 0 Å². The molecule has 2 N–H and O–H groups in total. The van der Waals surface area contributed by atoms with Crippen molar-refractivity contribution in [3.63, 3.8) is 0 Å². The van der Waals surface area contributed by atoms with Gasteiger partial charge in [0.15, 0.2) is 0 Å². The van der Waals surface area contributed by atoms with Crippen molar-refractivity contribution in [2.45, 2.75) is 63.6 Å². The fourth-order valence-electron chi connectivity index (χ4n) is 3.97. The molecule has 1 aliphatic carbocycles. The van der Waals surface area contributed by atoms with E-state index in [0.29, 0.717) is 17.1 Å². The summed E-state index contributed by atoms with van der Waals surface area (Å²) >= 11 is 0. The van der Waals surface area contributed by atoms with Gasteiger partial charge in [0, 0.05) is 17.1 Å². The van der Waals surface area contributed by atoms with Gasteiger partial charge in [-0.15, -0.1) is 0 Å². The van der Waals surface area contributed by atoms with Crippen molar-refractivity contribution in [3.8, 4) is 0 Å². The molecule has 3 unspecified atom stereocenters. The maximum absolute atomic E-state index is 3.84. The topological polar surface area (TPSA) is 24.1 Å². The van der Waals surface area contributed by atoms with E-state index in [-0.39, 0.29) is 0 Å². The molecule has 2 heterocycles. The number of piperidine rings is 1. The fraction of sp³-hybridized carbons (Fsp3) is 1.00. The average Bonchev–Trinajstić information content (AvgIpc) is 2.01. The van der Waals surface area contributed by atoms with Gasteiger partial charge in [-0.1, -0.05) is 13.8 Å². The molecule has 0 aromatic carbocycles. The summed E-state index contributed by atoms with van der Waals surface area (Å²) < 4.78 is 0. The zero-order valence-corrected chi connectivity index (χ0v) is 9.98. The number of nitrogens with one attached hydrogen (secondary N) is 2. The van der Waals surface area contributed by atoms with Gasteiger partial charge >= 0.3 is 0 Å². The predicted molar refractivity (Wildman–Crippen MR) is 60.4 cm³/mol. The zero-order valence-electron chi connectivity index (χ0n) is 9.98. The molecule has 3 aliphatic rings. The molecule has 0 amide bonds. The van der Waals surface area contributed by atoms with E-state index in [2.05, 4.69) is 38.5 Å². The van der Waals surface area contributed by atoms with Crippen LogP contribution in [0.2, 0.25) is 0 Å². The average molecular weight is 196 g/mol. The van der Waals surface area contributed by atoms with Crippen molar-refractivity contribution < 1.29 is 0 Å². The van der Waals surface area contributed by atoms with E-state index < -0.39 is 0 Å². The molecule has 14 heavy (non-hydrogen) atoms. The van der Waals surface area contributed by atoms with Crippen molar-refractivity contribution in [3.05, 3.63) is 0 Å². The van der Waals surface area contributed by atoms with Crippen LogP contribution in [0.15, 0.2) is 0 Å². The Morgan fingerprint density at radius 2 is 1.93 bits per heavy atom. The Bertz CT molecular complexity index is 216. The predicted octanol–water partition coefficient (Wildman–Crippen LogP) is 1.91. The van der Waals surface area contributed by atoms with E-state index in [1.54, 1.807) is 0 Å². The van der Waals surface area contributed by atoms with Crippen LogP contribution in [0.4, 0.5) is 0 Å². The van der Waals surface area contributed by atoms with Gasteiger partial charge in [0.05, 0.1) is 0 Å². The highest BCUT2D eigenvalue weighted by Crippen LogP contribution is 2.48. The highest BCUT2D eigenvalue weighted by Gasteiger charge is 2.57. The monoisotopic (exact) mass is 196 g/mol. The summed E-state index contributed by atoms with van der Waals surface area (Å²) in [5.74, 6) is 0.718. The first-order valence-electron chi connectivity index (χ1n) is 5.98. The van der Waals surface area contributed by atoms with Gasteiger partial charge in [0.1, 0.15) is 0 Å². The first kappa shape index (κ1) is 10.4. The standard InChI is InChI=1S/C12H24N2/c1-9(2)10(13-4)12-7-5-6-11(3,8-12)14-12/h9-10,13-14H,5-8H2,1-4H3. The van der Waals surface area contributed by atoms with E-state index in [9.17, 15) is 0 Å². The molecule has 0 aromatic rings. The van der Waals surface area contributed by atoms with Crippen LogP contribution in [-0.2, 0) is 0 Å². The molecule has 3 atom stereocenters. The van der Waals surface area contributed by atoms with Gasteiger partial charge in [0.25, 0.3) is 0 Å². The third-order valence-electron chi connectivity index (χ3n) is 4.18. The Hall–Kier alpha value is -0.0800. The highest BCUT2D eigenvalue weighted by molar-refractivity contribution is 5.19. The lowest BCUT2D eigenvalue weighted by molar-refractivity contribution is -0.0368. The lowest BCUT2D eigenvalue weighted by Crippen LogP contribution is -2.79. The summed E-state index contributed by atoms with van der Waals surface area (Å²) in [7, 11) is 2.10. The summed E-state index contributed by atoms with van der Waals surface area (Å²) in [5, 5.41) is 7.34. The lowest BCUT2D eigenvalue weighted by atomic mass is 9.58. The Morgan fingerprint density at radius 3 is 2.36 bits per heavy atom. The molecular weight excluding hydrogens is 172 g/mol. The van der Waals surface area contributed by atoms with Gasteiger partial charge in [0.2, 0.25) is 0 Å². The van der Waals surface area contributed by atoms with Crippen LogP contribution in [0.25, 0.3) is 0 Å². The molecule has 2 aliphatic heterocycles. The largest absolute Gasteiger partial charge is 0.315 e. The maximum atomic E-state index is 3.84. The molecule has 2 bridgehead atoms. The third-order valence-corrected chi connectivity index (χ3v) is 4.18. The molecule has 2 nitrogen and oxygen atoms in total. The van der Waals surface area contributed by atoms with E-state index >= 15 is 0 Å². The van der Waals surface area contributed by atoms with E-state index in [4.69, 9.17) is 0 Å². The van der Waals surface area contributed by atoms with Crippen LogP contribution in [-0.4, -0.2) is 24.2 Å². The summed E-state index contributed by atoms with van der Waals surface area (Å²) in [4.78, 5) is 0. The molecule has 0 spiro atoms. The highest BCUT2D eigenvalue weighted by atomic mass is 15.2. The molecule has 2 saturated heterocycles. The Labute approximate surface area is 87.8 Å². The zero-order chi connectivity index (χ0) is 10.4. The Balaban J connectivity index is 2.10. The molecule has 3 rings (SSSR count). The van der Waals surface area contributed by atoms with Crippen LogP contribution < -0.4 is 10.6 Å². The van der Waals surface area contributed by atoms with Gasteiger partial charge in [-0.2, -0.15) is 0 Å². The molecule has 2 heteroatoms. The number of hydrogen-bond acceptors (Lipinski definition) is 2. The molecule has 3 fully saturated rings. The van der Waals surface area contributed by atoms with Crippen molar-refractivity contribution in [1.82, 2.24) is 10.6 Å². The summed E-state index contributed by atoms with van der Waals surface area (Å²) in [5.41, 5.74) is 0.873. The fourth-order valence-corrected chi connectivity index (χ4v) is 3.97. The minimum Gasteiger partial charge on any atom is -0.315 e. The summed E-state index contributed by atoms with van der Waals surface area (Å²) in [6.45, 7) is 7.02. The number of fused-ring (bicyclic) bond motifs is 2. The maximum Gasteiger partial charge on any atom is 0.0359 e. The van der Waals surface area contributed by atoms with Gasteiger partial charge in [-0.05, 0) is 45.6 Å². The third kappa shape index (κ3) is 1.40. The van der Waals surface area contributed by atoms with Gasteiger partial charge in [-0.3, -0.25) is 0 Å². The Kier molecular flexibility index (Phi) is 2.39. The SMILES string of the molecule is CNC(C(C)C)C12CCCC(C)(C1)N2. The molecule has 0 aromatic heterocycles. The summed E-state index contributed by atoms with van der Waals surface area (Å²) in [6.07, 6.45) is 5.48. The number of hydrogen-bond donors (Lipinski definition) is 2. The second-order valence-electron chi connectivity index (χ2n) is 5.88. The minimum absolute atomic E-state index is 0.413. The molecule has 0 radical (unpaired) electrons. The second kappa shape index (κ2) is 3.21. The van der Waals surface area contributed by atoms with E-state index in [1.165, 1.54) is 25.7 Å². The van der Waals surface area contributed by atoms with Crippen LogP contribution in [0.5, 0.6) is 0 Å². The van der Waals surface area contributed by atoms with Crippen molar-refractivity contribution in [1.29, 1.82) is 0 Å². The first-order valence-corrected chi connectivity index (χ1v) is 5.98. The van der Waals surface area contributed by atoms with E-state index in [1.807, 2.05) is 0 Å². The van der Waals surface area contributed by atoms with Crippen molar-refractivity contribution in [2.75, 3.05) is 7.05 Å². The minimum atomic E-state index is 0.413. The van der Waals surface area contributed by atoms with Gasteiger partial charge < -0.3 is 10.6 Å². The van der Waals surface area contributed by atoms with Crippen molar-refractivity contribution in [2.24, 2.45) is 5.92 Å². The van der Waals surface area contributed by atoms with Crippen LogP contribution in [0.3, 0.4) is 0 Å². The first-order chi connectivity index (χ1) is 6.51. The Morgan fingerprint density at radius 1 is 1.29 bits per heavy atom. The molecular formula is C12H24N2. The normalized spacial score (nSPS) is 43.5. The smallest absolute Gasteiger partial charge is 0.0359 e. The molecule has 1 saturated carbocycles. The van der Waals surface area contributed by atoms with Gasteiger partial charge in [-0.25, -0.2) is 0 Å². The quantitative estimate of drug-likeness (QED) is 0.720. The van der Waals surface area contributed by atoms with Crippen LogP contribution in [0, 0.1) is 5.92 Å². The van der Waals surface area contributed by atoms with Crippen LogP contribution in [0.1, 0.15) is 46.5 Å². The second-order valence-corrected chi connectivity index (χ2v) is 5.88. The van der Waals surface area contributed by atoms with E-state index in [0.717, 1.165) is 5.92 Å². The number of rotatable bonds is 3. The lowest BCUT2D eigenvalue weighted by Gasteiger charge is -2.64. The molecule has 82 valence electrons. The number of likely N-dealkylation sites (N-methyl/N-ethyl adjacent to an activating group) is 1.